The standard InChI is InChI=1S/C21H27N3O/c1-14-5-7-24(8-6-14)21(25)18-11-19(13-22-12-18)23-20-16(3)9-15(2)10-17(20)4/h9-14,23H,5-8H2,1-4H3. The predicted octanol–water partition coefficient (Wildman–Crippen LogP) is 4.62. The van der Waals surface area contributed by atoms with E-state index in [9.17, 15) is 4.79 Å². The number of aryl methyl sites for hydroxylation is 3. The number of nitrogens with zero attached hydrogens (tertiary/aromatic N) is 2. The Morgan fingerprint density at radius 3 is 2.36 bits per heavy atom. The van der Waals surface area contributed by atoms with Crippen LogP contribution in [0.4, 0.5) is 11.4 Å². The molecule has 2 heterocycles. The lowest BCUT2D eigenvalue weighted by molar-refractivity contribution is 0.0697. The summed E-state index contributed by atoms with van der Waals surface area (Å²) in [6.07, 6.45) is 5.60. The molecule has 1 aliphatic heterocycles. The van der Waals surface area contributed by atoms with Gasteiger partial charge in [0.2, 0.25) is 0 Å². The molecule has 0 aliphatic carbocycles. The van der Waals surface area contributed by atoms with Crippen molar-refractivity contribution in [3.05, 3.63) is 52.8 Å². The molecule has 0 saturated carbocycles. The lowest BCUT2D eigenvalue weighted by Gasteiger charge is -2.30. The molecule has 4 nitrogen and oxygen atoms in total. The van der Waals surface area contributed by atoms with Gasteiger partial charge in [-0.3, -0.25) is 9.78 Å². The molecule has 25 heavy (non-hydrogen) atoms. The minimum atomic E-state index is 0.0837. The van der Waals surface area contributed by atoms with Gasteiger partial charge in [0.15, 0.2) is 0 Å². The van der Waals surface area contributed by atoms with Crippen LogP contribution in [0.3, 0.4) is 0 Å². The first-order chi connectivity index (χ1) is 11.9. The number of hydrogen-bond acceptors (Lipinski definition) is 3. The average molecular weight is 337 g/mol. The molecule has 1 aromatic carbocycles. The summed E-state index contributed by atoms with van der Waals surface area (Å²) in [5.74, 6) is 0.795. The number of nitrogens with one attached hydrogen (secondary N) is 1. The van der Waals surface area contributed by atoms with Crippen molar-refractivity contribution in [2.75, 3.05) is 18.4 Å². The quantitative estimate of drug-likeness (QED) is 0.888. The number of carbonyl (C=O) groups excluding carboxylic acids is 1. The Balaban J connectivity index is 1.79. The molecule has 0 radical (unpaired) electrons. The van der Waals surface area contributed by atoms with Gasteiger partial charge >= 0.3 is 0 Å². The van der Waals surface area contributed by atoms with E-state index in [1.807, 2.05) is 11.0 Å². The molecule has 132 valence electrons. The van der Waals surface area contributed by atoms with Crippen molar-refractivity contribution in [1.82, 2.24) is 9.88 Å². The third-order valence-corrected chi connectivity index (χ3v) is 5.00. The first-order valence-corrected chi connectivity index (χ1v) is 9.03. The predicted molar refractivity (Wildman–Crippen MR) is 102 cm³/mol. The Kier molecular flexibility index (Phi) is 5.07. The van der Waals surface area contributed by atoms with Gasteiger partial charge in [0.25, 0.3) is 5.91 Å². The fourth-order valence-corrected chi connectivity index (χ4v) is 3.54. The zero-order valence-corrected chi connectivity index (χ0v) is 15.6. The number of rotatable bonds is 3. The van der Waals surface area contributed by atoms with Gasteiger partial charge in [-0.25, -0.2) is 0 Å². The third-order valence-electron chi connectivity index (χ3n) is 5.00. The normalized spacial score (nSPS) is 15.3. The molecule has 0 spiro atoms. The van der Waals surface area contributed by atoms with E-state index in [1.54, 1.807) is 12.4 Å². The number of likely N-dealkylation sites (tertiary alicyclic amines) is 1. The zero-order valence-electron chi connectivity index (χ0n) is 15.6. The summed E-state index contributed by atoms with van der Waals surface area (Å²) in [7, 11) is 0. The molecule has 2 aromatic rings. The lowest BCUT2D eigenvalue weighted by atomic mass is 9.99. The van der Waals surface area contributed by atoms with Crippen LogP contribution >= 0.6 is 0 Å². The lowest BCUT2D eigenvalue weighted by Crippen LogP contribution is -2.37. The molecule has 1 amide bonds. The van der Waals surface area contributed by atoms with Crippen molar-refractivity contribution >= 4 is 17.3 Å². The van der Waals surface area contributed by atoms with Crippen LogP contribution < -0.4 is 5.32 Å². The van der Waals surface area contributed by atoms with Gasteiger partial charge in [-0.1, -0.05) is 24.6 Å². The molecular weight excluding hydrogens is 310 g/mol. The highest BCUT2D eigenvalue weighted by Gasteiger charge is 2.21. The van der Waals surface area contributed by atoms with Crippen molar-refractivity contribution in [2.45, 2.75) is 40.5 Å². The number of carbonyl (C=O) groups is 1. The first-order valence-electron chi connectivity index (χ1n) is 9.03. The molecule has 0 bridgehead atoms. The van der Waals surface area contributed by atoms with E-state index in [4.69, 9.17) is 0 Å². The van der Waals surface area contributed by atoms with Gasteiger partial charge in [-0.05, 0) is 56.7 Å². The second-order valence-corrected chi connectivity index (χ2v) is 7.34. The molecule has 1 fully saturated rings. The summed E-state index contributed by atoms with van der Waals surface area (Å²) in [5.41, 5.74) is 6.23. The highest BCUT2D eigenvalue weighted by Crippen LogP contribution is 2.26. The van der Waals surface area contributed by atoms with Crippen LogP contribution in [0.25, 0.3) is 0 Å². The molecule has 1 N–H and O–H groups in total. The summed E-state index contributed by atoms with van der Waals surface area (Å²) in [6.45, 7) is 10.2. The number of hydrogen-bond donors (Lipinski definition) is 1. The molecule has 1 aromatic heterocycles. The van der Waals surface area contributed by atoms with E-state index in [-0.39, 0.29) is 5.91 Å². The molecule has 4 heteroatoms. The van der Waals surface area contributed by atoms with Crippen LogP contribution in [0, 0.1) is 26.7 Å². The second-order valence-electron chi connectivity index (χ2n) is 7.34. The van der Waals surface area contributed by atoms with Gasteiger partial charge in [0, 0.05) is 25.0 Å². The van der Waals surface area contributed by atoms with Gasteiger partial charge in [-0.15, -0.1) is 0 Å². The highest BCUT2D eigenvalue weighted by atomic mass is 16.2. The van der Waals surface area contributed by atoms with E-state index in [0.29, 0.717) is 11.5 Å². The molecule has 0 atom stereocenters. The first kappa shape index (κ1) is 17.5. The SMILES string of the molecule is Cc1cc(C)c(Nc2cncc(C(=O)N3CCC(C)CC3)c2)c(C)c1. The summed E-state index contributed by atoms with van der Waals surface area (Å²) >= 11 is 0. The van der Waals surface area contributed by atoms with E-state index in [0.717, 1.165) is 37.3 Å². The van der Waals surface area contributed by atoms with Crippen molar-refractivity contribution in [2.24, 2.45) is 5.92 Å². The maximum atomic E-state index is 12.7. The zero-order chi connectivity index (χ0) is 18.0. The number of amides is 1. The van der Waals surface area contributed by atoms with E-state index in [2.05, 4.69) is 50.1 Å². The van der Waals surface area contributed by atoms with Gasteiger partial charge in [-0.2, -0.15) is 0 Å². The number of piperidine rings is 1. The fraction of sp³-hybridized carbons (Fsp3) is 0.429. The van der Waals surface area contributed by atoms with Crippen LogP contribution in [0.2, 0.25) is 0 Å². The summed E-state index contributed by atoms with van der Waals surface area (Å²) in [5, 5.41) is 3.44. The van der Waals surface area contributed by atoms with Crippen molar-refractivity contribution in [3.63, 3.8) is 0 Å². The van der Waals surface area contributed by atoms with Gasteiger partial charge < -0.3 is 10.2 Å². The Bertz CT molecular complexity index is 753. The van der Waals surface area contributed by atoms with Crippen LogP contribution in [0.1, 0.15) is 46.8 Å². The summed E-state index contributed by atoms with van der Waals surface area (Å²) < 4.78 is 0. The van der Waals surface area contributed by atoms with Gasteiger partial charge in [0.1, 0.15) is 0 Å². The molecule has 0 unspecified atom stereocenters. The molecular formula is C21H27N3O. The van der Waals surface area contributed by atoms with Crippen molar-refractivity contribution in [3.8, 4) is 0 Å². The number of aromatic nitrogens is 1. The summed E-state index contributed by atoms with van der Waals surface area (Å²) in [6, 6.07) is 6.23. The van der Waals surface area contributed by atoms with E-state index < -0.39 is 0 Å². The van der Waals surface area contributed by atoms with E-state index in [1.165, 1.54) is 16.7 Å². The minimum Gasteiger partial charge on any atom is -0.354 e. The maximum absolute atomic E-state index is 12.7. The third kappa shape index (κ3) is 4.01. The van der Waals surface area contributed by atoms with Gasteiger partial charge in [0.05, 0.1) is 17.4 Å². The second kappa shape index (κ2) is 7.26. The Morgan fingerprint density at radius 2 is 1.72 bits per heavy atom. The van der Waals surface area contributed by atoms with Crippen LogP contribution in [0.5, 0.6) is 0 Å². The molecule has 3 rings (SSSR count). The van der Waals surface area contributed by atoms with Crippen LogP contribution in [-0.4, -0.2) is 28.9 Å². The number of pyridine rings is 1. The molecule has 1 aliphatic rings. The number of anilines is 2. The largest absolute Gasteiger partial charge is 0.354 e. The van der Waals surface area contributed by atoms with Crippen LogP contribution in [-0.2, 0) is 0 Å². The Labute approximate surface area is 150 Å². The smallest absolute Gasteiger partial charge is 0.255 e. The average Bonchev–Trinajstić information content (AvgIpc) is 2.58. The molecule has 1 saturated heterocycles. The highest BCUT2D eigenvalue weighted by molar-refractivity contribution is 5.95. The van der Waals surface area contributed by atoms with Crippen LogP contribution in [0.15, 0.2) is 30.6 Å². The minimum absolute atomic E-state index is 0.0837. The van der Waals surface area contributed by atoms with Crippen molar-refractivity contribution < 1.29 is 4.79 Å². The summed E-state index contributed by atoms with van der Waals surface area (Å²) in [4.78, 5) is 19.0. The maximum Gasteiger partial charge on any atom is 0.255 e. The number of benzene rings is 1. The Hall–Kier alpha value is -2.36. The van der Waals surface area contributed by atoms with Crippen molar-refractivity contribution in [1.29, 1.82) is 0 Å². The monoisotopic (exact) mass is 337 g/mol. The Morgan fingerprint density at radius 1 is 1.08 bits per heavy atom. The van der Waals surface area contributed by atoms with E-state index >= 15 is 0 Å². The fourth-order valence-electron chi connectivity index (χ4n) is 3.54. The topological polar surface area (TPSA) is 45.2 Å².